The minimum atomic E-state index is -0.301. The van der Waals surface area contributed by atoms with E-state index in [2.05, 4.69) is 10.2 Å². The average molecular weight is 338 g/mol. The second-order valence-corrected chi connectivity index (χ2v) is 5.35. The van der Waals surface area contributed by atoms with Crippen LogP contribution in [0.1, 0.15) is 5.56 Å². The predicted octanol–water partition coefficient (Wildman–Crippen LogP) is 5.39. The molecule has 0 radical (unpaired) electrons. The number of azo groups is 1. The highest BCUT2D eigenvalue weighted by molar-refractivity contribution is 5.71. The summed E-state index contributed by atoms with van der Waals surface area (Å²) in [5, 5.41) is 18.3. The predicted molar refractivity (Wildman–Crippen MR) is 94.3 cm³/mol. The minimum Gasteiger partial charge on any atom is -0.497 e. The van der Waals surface area contributed by atoms with Gasteiger partial charge in [-0.25, -0.2) is 0 Å². The molecule has 0 aliphatic carbocycles. The fourth-order valence-corrected chi connectivity index (χ4v) is 2.36. The summed E-state index contributed by atoms with van der Waals surface area (Å²) in [7, 11) is 3.14. The number of methoxy groups -OCH3 is 2. The Morgan fingerprint density at radius 1 is 0.920 bits per heavy atom. The molecule has 3 rings (SSSR count). The van der Waals surface area contributed by atoms with Crippen LogP contribution in [0.15, 0.2) is 63.2 Å². The van der Waals surface area contributed by atoms with Crippen LogP contribution in [0.5, 0.6) is 17.4 Å². The lowest BCUT2D eigenvalue weighted by molar-refractivity contribution is 0.338. The van der Waals surface area contributed by atoms with Crippen molar-refractivity contribution in [3.05, 3.63) is 54.1 Å². The fraction of sp³-hybridized carbons (Fsp3) is 0.158. The first-order chi connectivity index (χ1) is 12.1. The van der Waals surface area contributed by atoms with Crippen LogP contribution >= 0.6 is 0 Å². The summed E-state index contributed by atoms with van der Waals surface area (Å²) in [6.45, 7) is 1.94. The van der Waals surface area contributed by atoms with Crippen LogP contribution in [0.25, 0.3) is 11.3 Å². The Labute approximate surface area is 145 Å². The van der Waals surface area contributed by atoms with E-state index in [4.69, 9.17) is 13.9 Å². The molecule has 6 heteroatoms. The summed E-state index contributed by atoms with van der Waals surface area (Å²) in [5.74, 6) is 1.35. The highest BCUT2D eigenvalue weighted by atomic mass is 16.5. The van der Waals surface area contributed by atoms with Crippen molar-refractivity contribution in [2.24, 2.45) is 10.2 Å². The SMILES string of the molecule is COc1ccc(-c2cc(N=Nc3ccccc3C)c(O)o2)c(OC)c1. The molecule has 0 saturated carbocycles. The summed E-state index contributed by atoms with van der Waals surface area (Å²) in [5.41, 5.74) is 2.64. The van der Waals surface area contributed by atoms with Gasteiger partial charge in [0.25, 0.3) is 0 Å². The Balaban J connectivity index is 1.94. The first kappa shape index (κ1) is 16.6. The lowest BCUT2D eigenvalue weighted by atomic mass is 10.1. The van der Waals surface area contributed by atoms with E-state index in [1.54, 1.807) is 38.5 Å². The molecule has 0 amide bonds. The van der Waals surface area contributed by atoms with Crippen LogP contribution in [-0.2, 0) is 0 Å². The molecular weight excluding hydrogens is 320 g/mol. The van der Waals surface area contributed by atoms with Gasteiger partial charge in [0.05, 0.1) is 25.5 Å². The number of benzene rings is 2. The van der Waals surface area contributed by atoms with Gasteiger partial charge in [-0.2, -0.15) is 5.11 Å². The van der Waals surface area contributed by atoms with Gasteiger partial charge >= 0.3 is 5.95 Å². The molecule has 0 atom stereocenters. The van der Waals surface area contributed by atoms with Crippen molar-refractivity contribution < 1.29 is 19.0 Å². The molecule has 128 valence electrons. The Morgan fingerprint density at radius 3 is 2.40 bits per heavy atom. The maximum atomic E-state index is 10.0. The second kappa shape index (κ2) is 7.09. The third-order valence-corrected chi connectivity index (χ3v) is 3.75. The third kappa shape index (κ3) is 3.47. The van der Waals surface area contributed by atoms with Crippen molar-refractivity contribution in [1.29, 1.82) is 0 Å². The summed E-state index contributed by atoms with van der Waals surface area (Å²) in [6, 6.07) is 14.5. The number of hydrogen-bond acceptors (Lipinski definition) is 6. The van der Waals surface area contributed by atoms with E-state index in [-0.39, 0.29) is 11.6 Å². The van der Waals surface area contributed by atoms with Crippen molar-refractivity contribution in [2.45, 2.75) is 6.92 Å². The van der Waals surface area contributed by atoms with Crippen molar-refractivity contribution in [2.75, 3.05) is 14.2 Å². The zero-order chi connectivity index (χ0) is 17.8. The number of aryl methyl sites for hydroxylation is 1. The molecule has 6 nitrogen and oxygen atoms in total. The van der Waals surface area contributed by atoms with Crippen LogP contribution in [-0.4, -0.2) is 19.3 Å². The van der Waals surface area contributed by atoms with Crippen LogP contribution in [0, 0.1) is 6.92 Å². The Bertz CT molecular complexity index is 916. The topological polar surface area (TPSA) is 76.6 Å². The molecule has 0 unspecified atom stereocenters. The van der Waals surface area contributed by atoms with E-state index in [1.165, 1.54) is 0 Å². The highest BCUT2D eigenvalue weighted by Gasteiger charge is 2.16. The highest BCUT2D eigenvalue weighted by Crippen LogP contribution is 2.41. The molecule has 3 aromatic rings. The molecule has 0 bridgehead atoms. The first-order valence-electron chi connectivity index (χ1n) is 7.65. The number of aromatic hydroxyl groups is 1. The maximum absolute atomic E-state index is 10.0. The zero-order valence-electron chi connectivity index (χ0n) is 14.2. The number of furan rings is 1. The van der Waals surface area contributed by atoms with Gasteiger partial charge in [-0.3, -0.25) is 0 Å². The molecule has 2 aromatic carbocycles. The lowest BCUT2D eigenvalue weighted by Gasteiger charge is -2.07. The van der Waals surface area contributed by atoms with Crippen LogP contribution in [0.2, 0.25) is 0 Å². The van der Waals surface area contributed by atoms with E-state index in [0.29, 0.717) is 22.8 Å². The largest absolute Gasteiger partial charge is 0.497 e. The monoisotopic (exact) mass is 338 g/mol. The summed E-state index contributed by atoms with van der Waals surface area (Å²) in [6.07, 6.45) is 0. The number of ether oxygens (including phenoxy) is 2. The fourth-order valence-electron chi connectivity index (χ4n) is 2.36. The van der Waals surface area contributed by atoms with E-state index in [0.717, 1.165) is 11.3 Å². The number of rotatable bonds is 5. The molecule has 1 N–H and O–H groups in total. The molecule has 0 spiro atoms. The molecule has 0 aliphatic heterocycles. The summed E-state index contributed by atoms with van der Waals surface area (Å²) in [4.78, 5) is 0. The molecule has 1 heterocycles. The van der Waals surface area contributed by atoms with E-state index in [9.17, 15) is 5.11 Å². The molecule has 1 aromatic heterocycles. The first-order valence-corrected chi connectivity index (χ1v) is 7.65. The molecular formula is C19H18N2O4. The minimum absolute atomic E-state index is 0.246. The van der Waals surface area contributed by atoms with Crippen molar-refractivity contribution in [3.8, 4) is 28.8 Å². The van der Waals surface area contributed by atoms with Gasteiger partial charge in [-0.15, -0.1) is 5.11 Å². The summed E-state index contributed by atoms with van der Waals surface area (Å²) >= 11 is 0. The van der Waals surface area contributed by atoms with Gasteiger partial charge in [0, 0.05) is 12.1 Å². The van der Waals surface area contributed by atoms with E-state index < -0.39 is 0 Å². The van der Waals surface area contributed by atoms with Crippen molar-refractivity contribution in [1.82, 2.24) is 0 Å². The Kier molecular flexibility index (Phi) is 4.70. The maximum Gasteiger partial charge on any atom is 0.311 e. The van der Waals surface area contributed by atoms with Crippen LogP contribution in [0.4, 0.5) is 11.4 Å². The average Bonchev–Trinajstić information content (AvgIpc) is 3.01. The molecule has 25 heavy (non-hydrogen) atoms. The van der Waals surface area contributed by atoms with Gasteiger partial charge in [-0.1, -0.05) is 18.2 Å². The van der Waals surface area contributed by atoms with E-state index in [1.807, 2.05) is 31.2 Å². The third-order valence-electron chi connectivity index (χ3n) is 3.75. The van der Waals surface area contributed by atoms with Crippen LogP contribution in [0.3, 0.4) is 0 Å². The standard InChI is InChI=1S/C19H18N2O4/c1-12-6-4-5-7-15(12)20-21-16-11-18(25-19(16)22)14-9-8-13(23-2)10-17(14)24-3/h4-11,22H,1-3H3. The quantitative estimate of drug-likeness (QED) is 0.632. The second-order valence-electron chi connectivity index (χ2n) is 5.35. The van der Waals surface area contributed by atoms with Gasteiger partial charge in [0.2, 0.25) is 0 Å². The van der Waals surface area contributed by atoms with E-state index >= 15 is 0 Å². The van der Waals surface area contributed by atoms with Crippen LogP contribution < -0.4 is 9.47 Å². The Morgan fingerprint density at radius 2 is 1.68 bits per heavy atom. The number of hydrogen-bond donors (Lipinski definition) is 1. The summed E-state index contributed by atoms with van der Waals surface area (Å²) < 4.78 is 16.0. The molecule has 0 fully saturated rings. The Hall–Kier alpha value is -3.28. The lowest BCUT2D eigenvalue weighted by Crippen LogP contribution is -1.89. The van der Waals surface area contributed by atoms with Crippen molar-refractivity contribution in [3.63, 3.8) is 0 Å². The smallest absolute Gasteiger partial charge is 0.311 e. The van der Waals surface area contributed by atoms with Gasteiger partial charge in [0.1, 0.15) is 17.3 Å². The van der Waals surface area contributed by atoms with Gasteiger partial charge < -0.3 is 19.0 Å². The van der Waals surface area contributed by atoms with Gasteiger partial charge in [0.15, 0.2) is 5.69 Å². The normalized spacial score (nSPS) is 11.0. The zero-order valence-corrected chi connectivity index (χ0v) is 14.2. The molecule has 0 saturated heterocycles. The van der Waals surface area contributed by atoms with Gasteiger partial charge in [-0.05, 0) is 30.7 Å². The molecule has 0 aliphatic rings. The number of nitrogens with zero attached hydrogens (tertiary/aromatic N) is 2. The van der Waals surface area contributed by atoms with Crippen molar-refractivity contribution >= 4 is 11.4 Å².